The van der Waals surface area contributed by atoms with E-state index in [1.54, 1.807) is 0 Å². The summed E-state index contributed by atoms with van der Waals surface area (Å²) in [6, 6.07) is 9.44. The molecule has 0 spiro atoms. The van der Waals surface area contributed by atoms with Gasteiger partial charge in [-0.3, -0.25) is 9.69 Å². The zero-order chi connectivity index (χ0) is 17.2. The van der Waals surface area contributed by atoms with Crippen LogP contribution in [0.15, 0.2) is 24.3 Å². The Labute approximate surface area is 154 Å². The van der Waals surface area contributed by atoms with E-state index in [0.717, 1.165) is 12.0 Å². The number of aryl methyl sites for hydroxylation is 1. The molecular formula is C21H28N2OS. The standard InChI is InChI=1S/C21H28N2OS/c1-15-13-17-16(7-6-10-20(17)25-15)14-21(24)22-18-8-2-3-9-19(18)23-11-4-5-12-23/h6-7,10,13,18-19H,2-5,8-9,11-12,14H2,1H3,(H,22,24). The lowest BCUT2D eigenvalue weighted by Crippen LogP contribution is -2.52. The third-order valence-electron chi connectivity index (χ3n) is 5.81. The molecule has 2 aliphatic rings. The molecule has 1 saturated heterocycles. The van der Waals surface area contributed by atoms with Crippen molar-refractivity contribution in [3.05, 3.63) is 34.7 Å². The number of nitrogens with one attached hydrogen (secondary N) is 1. The van der Waals surface area contributed by atoms with E-state index in [1.807, 2.05) is 11.3 Å². The van der Waals surface area contributed by atoms with Crippen molar-refractivity contribution in [2.75, 3.05) is 13.1 Å². The first-order chi connectivity index (χ1) is 12.2. The van der Waals surface area contributed by atoms with Gasteiger partial charge in [0.15, 0.2) is 0 Å². The fraction of sp³-hybridized carbons (Fsp3) is 0.571. The van der Waals surface area contributed by atoms with Crippen molar-refractivity contribution in [2.24, 2.45) is 0 Å². The molecule has 2 fully saturated rings. The molecule has 4 rings (SSSR count). The molecule has 2 unspecified atom stereocenters. The van der Waals surface area contributed by atoms with E-state index < -0.39 is 0 Å². The SMILES string of the molecule is Cc1cc2c(CC(=O)NC3CCCCC3N3CCCC3)cccc2s1. The van der Waals surface area contributed by atoms with Crippen LogP contribution in [0.1, 0.15) is 49.0 Å². The number of carbonyl (C=O) groups is 1. The van der Waals surface area contributed by atoms with Crippen LogP contribution in [0.4, 0.5) is 0 Å². The molecule has 1 aromatic carbocycles. The van der Waals surface area contributed by atoms with E-state index in [4.69, 9.17) is 0 Å². The Kier molecular flexibility index (Phi) is 5.09. The number of hydrogen-bond acceptors (Lipinski definition) is 3. The van der Waals surface area contributed by atoms with Crippen molar-refractivity contribution in [2.45, 2.75) is 64.0 Å². The maximum Gasteiger partial charge on any atom is 0.224 e. The molecule has 2 aromatic rings. The fourth-order valence-corrected chi connectivity index (χ4v) is 5.59. The van der Waals surface area contributed by atoms with Gasteiger partial charge in [0.1, 0.15) is 0 Å². The van der Waals surface area contributed by atoms with Gasteiger partial charge >= 0.3 is 0 Å². The van der Waals surface area contributed by atoms with E-state index in [0.29, 0.717) is 18.5 Å². The Morgan fingerprint density at radius 3 is 2.84 bits per heavy atom. The van der Waals surface area contributed by atoms with Crippen molar-refractivity contribution in [1.29, 1.82) is 0 Å². The Bertz CT molecular complexity index is 747. The largest absolute Gasteiger partial charge is 0.352 e. The number of amides is 1. The second kappa shape index (κ2) is 7.46. The molecule has 3 nitrogen and oxygen atoms in total. The van der Waals surface area contributed by atoms with Crippen molar-refractivity contribution >= 4 is 27.3 Å². The average Bonchev–Trinajstić information content (AvgIpc) is 3.24. The van der Waals surface area contributed by atoms with Crippen molar-refractivity contribution in [3.63, 3.8) is 0 Å². The number of likely N-dealkylation sites (tertiary alicyclic amines) is 1. The molecule has 1 N–H and O–H groups in total. The van der Waals surface area contributed by atoms with Gasteiger partial charge in [-0.1, -0.05) is 25.0 Å². The molecule has 1 amide bonds. The summed E-state index contributed by atoms with van der Waals surface area (Å²) in [7, 11) is 0. The third-order valence-corrected chi connectivity index (χ3v) is 6.83. The van der Waals surface area contributed by atoms with Gasteiger partial charge in [-0.15, -0.1) is 11.3 Å². The van der Waals surface area contributed by atoms with Gasteiger partial charge in [0, 0.05) is 21.7 Å². The molecule has 1 aromatic heterocycles. The molecule has 1 aliphatic heterocycles. The summed E-state index contributed by atoms with van der Waals surface area (Å²) in [4.78, 5) is 16.7. The van der Waals surface area contributed by atoms with Gasteiger partial charge in [-0.25, -0.2) is 0 Å². The van der Waals surface area contributed by atoms with E-state index in [9.17, 15) is 4.79 Å². The number of rotatable bonds is 4. The molecule has 1 saturated carbocycles. The summed E-state index contributed by atoms with van der Waals surface area (Å²) in [5.74, 6) is 0.187. The number of thiophene rings is 1. The maximum atomic E-state index is 12.8. The van der Waals surface area contributed by atoms with Gasteiger partial charge < -0.3 is 5.32 Å². The molecular weight excluding hydrogens is 328 g/mol. The lowest BCUT2D eigenvalue weighted by molar-refractivity contribution is -0.121. The molecule has 25 heavy (non-hydrogen) atoms. The highest BCUT2D eigenvalue weighted by atomic mass is 32.1. The quantitative estimate of drug-likeness (QED) is 0.887. The van der Waals surface area contributed by atoms with Crippen LogP contribution in [-0.2, 0) is 11.2 Å². The summed E-state index contributed by atoms with van der Waals surface area (Å²) >= 11 is 1.81. The highest BCUT2D eigenvalue weighted by molar-refractivity contribution is 7.19. The van der Waals surface area contributed by atoms with Crippen LogP contribution >= 0.6 is 11.3 Å². The molecule has 4 heteroatoms. The zero-order valence-corrected chi connectivity index (χ0v) is 15.9. The maximum absolute atomic E-state index is 12.8. The van der Waals surface area contributed by atoms with Gasteiger partial charge in [0.2, 0.25) is 5.91 Å². The third kappa shape index (κ3) is 3.75. The Morgan fingerprint density at radius 1 is 1.20 bits per heavy atom. The first-order valence-corrected chi connectivity index (χ1v) is 10.5. The first kappa shape index (κ1) is 17.0. The second-order valence-corrected chi connectivity index (χ2v) is 8.92. The molecule has 1 aliphatic carbocycles. The van der Waals surface area contributed by atoms with Crippen LogP contribution in [0.2, 0.25) is 0 Å². The lowest BCUT2D eigenvalue weighted by atomic mass is 9.89. The van der Waals surface area contributed by atoms with Crippen LogP contribution in [0, 0.1) is 6.92 Å². The Balaban J connectivity index is 1.45. The summed E-state index contributed by atoms with van der Waals surface area (Å²) < 4.78 is 1.29. The fourth-order valence-electron chi connectivity index (χ4n) is 4.62. The second-order valence-electron chi connectivity index (χ2n) is 7.63. The van der Waals surface area contributed by atoms with E-state index in [1.165, 1.54) is 60.2 Å². The van der Waals surface area contributed by atoms with E-state index in [2.05, 4.69) is 41.4 Å². The monoisotopic (exact) mass is 356 g/mol. The number of fused-ring (bicyclic) bond motifs is 1. The van der Waals surface area contributed by atoms with E-state index in [-0.39, 0.29) is 5.91 Å². The molecule has 0 bridgehead atoms. The summed E-state index contributed by atoms with van der Waals surface area (Å²) in [6.45, 7) is 4.56. The number of nitrogens with zero attached hydrogens (tertiary/aromatic N) is 1. The summed E-state index contributed by atoms with van der Waals surface area (Å²) in [5.41, 5.74) is 1.16. The molecule has 134 valence electrons. The minimum atomic E-state index is 0.187. The zero-order valence-electron chi connectivity index (χ0n) is 15.1. The topological polar surface area (TPSA) is 32.3 Å². The number of hydrogen-bond donors (Lipinski definition) is 1. The number of benzene rings is 1. The van der Waals surface area contributed by atoms with Crippen molar-refractivity contribution < 1.29 is 4.79 Å². The average molecular weight is 357 g/mol. The van der Waals surface area contributed by atoms with Crippen molar-refractivity contribution in [3.8, 4) is 0 Å². The molecule has 0 radical (unpaired) electrons. The lowest BCUT2D eigenvalue weighted by Gasteiger charge is -2.38. The Hall–Kier alpha value is -1.39. The van der Waals surface area contributed by atoms with Gasteiger partial charge in [-0.2, -0.15) is 0 Å². The van der Waals surface area contributed by atoms with Crippen LogP contribution in [0.3, 0.4) is 0 Å². The van der Waals surface area contributed by atoms with Crippen LogP contribution < -0.4 is 5.32 Å². The predicted molar refractivity (Wildman–Crippen MR) is 105 cm³/mol. The minimum Gasteiger partial charge on any atom is -0.352 e. The first-order valence-electron chi connectivity index (χ1n) is 9.72. The minimum absolute atomic E-state index is 0.187. The Morgan fingerprint density at radius 2 is 2.00 bits per heavy atom. The normalized spacial score (nSPS) is 24.7. The number of carbonyl (C=O) groups excluding carboxylic acids is 1. The predicted octanol–water partition coefficient (Wildman–Crippen LogP) is 4.28. The van der Waals surface area contributed by atoms with Crippen LogP contribution in [0.5, 0.6) is 0 Å². The van der Waals surface area contributed by atoms with E-state index >= 15 is 0 Å². The van der Waals surface area contributed by atoms with Gasteiger partial charge in [0.05, 0.1) is 6.42 Å². The molecule has 2 atom stereocenters. The van der Waals surface area contributed by atoms with Gasteiger partial charge in [-0.05, 0) is 68.8 Å². The highest BCUT2D eigenvalue weighted by Crippen LogP contribution is 2.29. The van der Waals surface area contributed by atoms with Crippen LogP contribution in [0.25, 0.3) is 10.1 Å². The molecule has 2 heterocycles. The summed E-state index contributed by atoms with van der Waals surface area (Å²) in [6.07, 6.45) is 8.05. The highest BCUT2D eigenvalue weighted by Gasteiger charge is 2.32. The van der Waals surface area contributed by atoms with Crippen molar-refractivity contribution in [1.82, 2.24) is 10.2 Å². The summed E-state index contributed by atoms with van der Waals surface area (Å²) in [5, 5.41) is 4.64. The van der Waals surface area contributed by atoms with Crippen LogP contribution in [-0.4, -0.2) is 36.0 Å². The van der Waals surface area contributed by atoms with Gasteiger partial charge in [0.25, 0.3) is 0 Å². The smallest absolute Gasteiger partial charge is 0.224 e.